The Hall–Kier alpha value is -3.04. The monoisotopic (exact) mass is 364 g/mol. The van der Waals surface area contributed by atoms with Crippen molar-refractivity contribution in [3.05, 3.63) is 65.0 Å². The van der Waals surface area contributed by atoms with Gasteiger partial charge in [-0.3, -0.25) is 0 Å². The lowest BCUT2D eigenvalue weighted by Gasteiger charge is -2.12. The van der Waals surface area contributed by atoms with E-state index in [1.165, 1.54) is 0 Å². The molecule has 2 aromatic rings. The third kappa shape index (κ3) is 4.08. The van der Waals surface area contributed by atoms with Gasteiger partial charge in [-0.05, 0) is 24.3 Å². The first-order valence-corrected chi connectivity index (χ1v) is 6.35. The largest absolute Gasteiger partial charge is 0.522 e. The Morgan fingerprint density at radius 1 is 0.840 bits per heavy atom. The van der Waals surface area contributed by atoms with Crippen molar-refractivity contribution in [2.45, 2.75) is 6.18 Å². The van der Waals surface area contributed by atoms with Crippen LogP contribution in [0.3, 0.4) is 0 Å². The van der Waals surface area contributed by atoms with Gasteiger partial charge in [0.05, 0.1) is 5.56 Å². The Morgan fingerprint density at radius 3 is 1.92 bits per heavy atom. The van der Waals surface area contributed by atoms with E-state index >= 15 is 0 Å². The van der Waals surface area contributed by atoms with E-state index in [0.717, 1.165) is 6.07 Å². The average Bonchev–Trinajstić information content (AvgIpc) is 2.49. The van der Waals surface area contributed by atoms with Crippen LogP contribution in [0.2, 0.25) is 0 Å². The number of para-hydroxylation sites is 1. The van der Waals surface area contributed by atoms with Crippen molar-refractivity contribution >= 4 is 12.1 Å². The summed E-state index contributed by atoms with van der Waals surface area (Å²) in [7, 11) is 0. The van der Waals surface area contributed by atoms with E-state index in [2.05, 4.69) is 9.47 Å². The summed E-state index contributed by atoms with van der Waals surface area (Å²) in [5, 5.41) is 0. The molecule has 25 heavy (non-hydrogen) atoms. The molecule has 0 radical (unpaired) electrons. The molecule has 0 aliphatic carbocycles. The number of esters is 1. The Morgan fingerprint density at radius 2 is 1.36 bits per heavy atom. The van der Waals surface area contributed by atoms with Gasteiger partial charge in [0.15, 0.2) is 11.6 Å². The summed E-state index contributed by atoms with van der Waals surface area (Å²) in [4.78, 5) is 23.0. The standard InChI is InChI=1S/C15H6F6O4/c16-8-4-1-3-7(15(19,20)21)11(8)13(22)25-14(23)24-12-9(17)5-2-6-10(12)18/h1-6H. The summed E-state index contributed by atoms with van der Waals surface area (Å²) in [6.07, 6.45) is -7.15. The van der Waals surface area contributed by atoms with Gasteiger partial charge in [-0.15, -0.1) is 0 Å². The zero-order chi connectivity index (χ0) is 18.8. The van der Waals surface area contributed by atoms with Crippen molar-refractivity contribution in [3.8, 4) is 5.75 Å². The van der Waals surface area contributed by atoms with E-state index in [4.69, 9.17) is 0 Å². The molecule has 0 bridgehead atoms. The molecule has 0 saturated carbocycles. The van der Waals surface area contributed by atoms with E-state index in [1.807, 2.05) is 0 Å². The van der Waals surface area contributed by atoms with Crippen molar-refractivity contribution in [1.82, 2.24) is 0 Å². The van der Waals surface area contributed by atoms with E-state index in [0.29, 0.717) is 30.3 Å². The Labute approximate surface area is 135 Å². The van der Waals surface area contributed by atoms with Gasteiger partial charge in [-0.25, -0.2) is 22.8 Å². The first-order valence-electron chi connectivity index (χ1n) is 6.35. The molecule has 0 amide bonds. The van der Waals surface area contributed by atoms with Crippen LogP contribution in [0, 0.1) is 17.5 Å². The normalized spacial score (nSPS) is 11.1. The maximum Gasteiger partial charge on any atom is 0.522 e. The number of carbonyl (C=O) groups excluding carboxylic acids is 2. The number of halogens is 6. The molecule has 0 aliphatic heterocycles. The highest BCUT2D eigenvalue weighted by molar-refractivity contribution is 5.97. The number of hydrogen-bond donors (Lipinski definition) is 0. The quantitative estimate of drug-likeness (QED) is 0.341. The first kappa shape index (κ1) is 18.3. The van der Waals surface area contributed by atoms with E-state index in [1.54, 1.807) is 0 Å². The van der Waals surface area contributed by atoms with Crippen LogP contribution in [-0.4, -0.2) is 12.1 Å². The molecule has 0 heterocycles. The summed E-state index contributed by atoms with van der Waals surface area (Å²) in [6.45, 7) is 0. The number of ether oxygens (including phenoxy) is 2. The fourth-order valence-corrected chi connectivity index (χ4v) is 1.78. The molecule has 2 aromatic carbocycles. The first-order chi connectivity index (χ1) is 11.6. The van der Waals surface area contributed by atoms with E-state index in [9.17, 15) is 35.9 Å². The number of carbonyl (C=O) groups is 2. The maximum atomic E-state index is 13.6. The smallest absolute Gasteiger partial charge is 0.388 e. The lowest BCUT2D eigenvalue weighted by atomic mass is 10.1. The molecule has 10 heteroatoms. The molecule has 4 nitrogen and oxygen atoms in total. The molecular weight excluding hydrogens is 358 g/mol. The van der Waals surface area contributed by atoms with Crippen LogP contribution in [-0.2, 0) is 10.9 Å². The Balaban J connectivity index is 2.25. The van der Waals surface area contributed by atoms with Crippen molar-refractivity contribution < 1.29 is 45.4 Å². The topological polar surface area (TPSA) is 52.6 Å². The zero-order valence-corrected chi connectivity index (χ0v) is 11.9. The third-order valence-electron chi connectivity index (χ3n) is 2.80. The summed E-state index contributed by atoms with van der Waals surface area (Å²) >= 11 is 0. The predicted molar refractivity (Wildman–Crippen MR) is 69.2 cm³/mol. The Bertz CT molecular complexity index is 811. The van der Waals surface area contributed by atoms with Crippen molar-refractivity contribution in [2.24, 2.45) is 0 Å². The van der Waals surface area contributed by atoms with Crippen molar-refractivity contribution in [1.29, 1.82) is 0 Å². The molecule has 0 atom stereocenters. The molecule has 0 spiro atoms. The highest BCUT2D eigenvalue weighted by Crippen LogP contribution is 2.33. The molecule has 0 fully saturated rings. The summed E-state index contributed by atoms with van der Waals surface area (Å²) in [6, 6.07) is 4.00. The lowest BCUT2D eigenvalue weighted by molar-refractivity contribution is -0.138. The minimum atomic E-state index is -5.11. The Kier molecular flexibility index (Phi) is 5.00. The van der Waals surface area contributed by atoms with Gasteiger partial charge in [0.25, 0.3) is 0 Å². The highest BCUT2D eigenvalue weighted by Gasteiger charge is 2.38. The van der Waals surface area contributed by atoms with E-state index in [-0.39, 0.29) is 0 Å². The summed E-state index contributed by atoms with van der Waals surface area (Å²) in [5.41, 5.74) is -3.26. The van der Waals surface area contributed by atoms with Gasteiger partial charge < -0.3 is 9.47 Å². The molecule has 0 aromatic heterocycles. The van der Waals surface area contributed by atoms with Gasteiger partial charge in [0.2, 0.25) is 5.75 Å². The van der Waals surface area contributed by atoms with Crippen LogP contribution in [0.1, 0.15) is 15.9 Å². The van der Waals surface area contributed by atoms with Crippen molar-refractivity contribution in [3.63, 3.8) is 0 Å². The summed E-state index contributed by atoms with van der Waals surface area (Å²) < 4.78 is 86.5. The van der Waals surface area contributed by atoms with Gasteiger partial charge >= 0.3 is 18.3 Å². The second-order valence-electron chi connectivity index (χ2n) is 4.45. The zero-order valence-electron chi connectivity index (χ0n) is 11.9. The molecule has 0 unspecified atom stereocenters. The molecule has 0 aliphatic rings. The second kappa shape index (κ2) is 6.83. The SMILES string of the molecule is O=C(OC(=O)c1c(F)cccc1C(F)(F)F)Oc1c(F)cccc1F. The predicted octanol–water partition coefficient (Wildman–Crippen LogP) is 4.48. The summed E-state index contributed by atoms with van der Waals surface area (Å²) in [5.74, 6) is -7.53. The fraction of sp³-hybridized carbons (Fsp3) is 0.0667. The number of benzene rings is 2. The molecule has 2 rings (SSSR count). The van der Waals surface area contributed by atoms with Crippen LogP contribution >= 0.6 is 0 Å². The van der Waals surface area contributed by atoms with Crippen LogP contribution < -0.4 is 4.74 Å². The molecule has 0 N–H and O–H groups in total. The molecular formula is C15H6F6O4. The number of hydrogen-bond acceptors (Lipinski definition) is 4. The van der Waals surface area contributed by atoms with Crippen LogP contribution in [0.15, 0.2) is 36.4 Å². The van der Waals surface area contributed by atoms with Crippen LogP contribution in [0.5, 0.6) is 5.75 Å². The van der Waals surface area contributed by atoms with Crippen LogP contribution in [0.25, 0.3) is 0 Å². The second-order valence-corrected chi connectivity index (χ2v) is 4.45. The van der Waals surface area contributed by atoms with Gasteiger partial charge in [0.1, 0.15) is 11.4 Å². The fourth-order valence-electron chi connectivity index (χ4n) is 1.78. The van der Waals surface area contributed by atoms with Crippen LogP contribution in [0.4, 0.5) is 31.1 Å². The van der Waals surface area contributed by atoms with Gasteiger partial charge in [0, 0.05) is 0 Å². The van der Waals surface area contributed by atoms with Gasteiger partial charge in [-0.2, -0.15) is 13.2 Å². The third-order valence-corrected chi connectivity index (χ3v) is 2.80. The lowest BCUT2D eigenvalue weighted by Crippen LogP contribution is -2.22. The highest BCUT2D eigenvalue weighted by atomic mass is 19.4. The van der Waals surface area contributed by atoms with Crippen molar-refractivity contribution in [2.75, 3.05) is 0 Å². The minimum Gasteiger partial charge on any atom is -0.388 e. The number of rotatable bonds is 2. The molecule has 132 valence electrons. The molecule has 0 saturated heterocycles. The average molecular weight is 364 g/mol. The van der Waals surface area contributed by atoms with E-state index < -0.39 is 52.6 Å². The minimum absolute atomic E-state index is 0.390. The maximum absolute atomic E-state index is 13.6. The number of alkyl halides is 3. The van der Waals surface area contributed by atoms with Gasteiger partial charge in [-0.1, -0.05) is 12.1 Å².